The summed E-state index contributed by atoms with van der Waals surface area (Å²) in [6, 6.07) is 7.30. The van der Waals surface area contributed by atoms with Crippen LogP contribution in [0.4, 0.5) is 0 Å². The fourth-order valence-corrected chi connectivity index (χ4v) is 3.38. The molecule has 1 aliphatic heterocycles. The normalized spacial score (nSPS) is 14.4. The summed E-state index contributed by atoms with van der Waals surface area (Å²) in [6.07, 6.45) is 0.278. The first-order valence-electron chi connectivity index (χ1n) is 7.98. The molecule has 0 radical (unpaired) electrons. The zero-order chi connectivity index (χ0) is 17.6. The van der Waals surface area contributed by atoms with Gasteiger partial charge in [0.1, 0.15) is 10.7 Å². The van der Waals surface area contributed by atoms with E-state index in [0.717, 1.165) is 10.6 Å². The van der Waals surface area contributed by atoms with Crippen LogP contribution < -0.4 is 5.32 Å². The van der Waals surface area contributed by atoms with Gasteiger partial charge in [-0.05, 0) is 12.1 Å². The molecule has 0 atom stereocenters. The first kappa shape index (κ1) is 17.8. The molecule has 1 fully saturated rings. The molecule has 1 N–H and O–H groups in total. The molecule has 0 spiro atoms. The van der Waals surface area contributed by atoms with Crippen LogP contribution in [-0.2, 0) is 9.53 Å². The van der Waals surface area contributed by atoms with Crippen molar-refractivity contribution in [2.45, 2.75) is 6.42 Å². The average molecular weight is 380 g/mol. The highest BCUT2D eigenvalue weighted by Crippen LogP contribution is 2.25. The van der Waals surface area contributed by atoms with Gasteiger partial charge in [0.25, 0.3) is 5.91 Å². The van der Waals surface area contributed by atoms with Crippen LogP contribution in [-0.4, -0.2) is 54.5 Å². The van der Waals surface area contributed by atoms with Gasteiger partial charge in [0.2, 0.25) is 5.91 Å². The third-order valence-electron chi connectivity index (χ3n) is 3.82. The van der Waals surface area contributed by atoms with Crippen LogP contribution in [0.15, 0.2) is 29.6 Å². The summed E-state index contributed by atoms with van der Waals surface area (Å²) in [5, 5.41) is 5.87. The van der Waals surface area contributed by atoms with Crippen molar-refractivity contribution in [1.29, 1.82) is 0 Å². The summed E-state index contributed by atoms with van der Waals surface area (Å²) in [4.78, 5) is 30.3. The maximum atomic E-state index is 12.2. The minimum absolute atomic E-state index is 0.0312. The highest BCUT2D eigenvalue weighted by molar-refractivity contribution is 7.13. The Kier molecular flexibility index (Phi) is 6.01. The summed E-state index contributed by atoms with van der Waals surface area (Å²) in [5.41, 5.74) is 1.27. The van der Waals surface area contributed by atoms with Crippen LogP contribution in [0.5, 0.6) is 0 Å². The van der Waals surface area contributed by atoms with Crippen LogP contribution >= 0.6 is 22.9 Å². The molecule has 2 aromatic rings. The lowest BCUT2D eigenvalue weighted by Crippen LogP contribution is -2.42. The molecule has 3 rings (SSSR count). The lowest BCUT2D eigenvalue weighted by atomic mass is 10.2. The minimum atomic E-state index is -0.272. The number of carbonyl (C=O) groups excluding carboxylic acids is 2. The van der Waals surface area contributed by atoms with Gasteiger partial charge in [-0.2, -0.15) is 0 Å². The number of thiazole rings is 1. The first-order chi connectivity index (χ1) is 12.1. The summed E-state index contributed by atoms with van der Waals surface area (Å²) in [6.45, 7) is 2.67. The fourth-order valence-electron chi connectivity index (χ4n) is 2.45. The number of nitrogens with zero attached hydrogens (tertiary/aromatic N) is 2. The number of aromatic nitrogens is 1. The second-order valence-electron chi connectivity index (χ2n) is 5.54. The van der Waals surface area contributed by atoms with Crippen molar-refractivity contribution in [1.82, 2.24) is 15.2 Å². The fraction of sp³-hybridized carbons (Fsp3) is 0.353. The largest absolute Gasteiger partial charge is 0.378 e. The van der Waals surface area contributed by atoms with E-state index in [4.69, 9.17) is 16.3 Å². The molecule has 0 saturated carbocycles. The minimum Gasteiger partial charge on any atom is -0.378 e. The molecular formula is C17H18ClN3O3S. The number of morpholine rings is 1. The van der Waals surface area contributed by atoms with E-state index in [9.17, 15) is 9.59 Å². The van der Waals surface area contributed by atoms with Gasteiger partial charge >= 0.3 is 0 Å². The van der Waals surface area contributed by atoms with Gasteiger partial charge in [0.05, 0.1) is 13.2 Å². The second kappa shape index (κ2) is 8.42. The van der Waals surface area contributed by atoms with Crippen molar-refractivity contribution in [2.24, 2.45) is 0 Å². The highest BCUT2D eigenvalue weighted by atomic mass is 35.5. The Morgan fingerprint density at radius 2 is 1.96 bits per heavy atom. The predicted molar refractivity (Wildman–Crippen MR) is 96.9 cm³/mol. The quantitative estimate of drug-likeness (QED) is 0.866. The van der Waals surface area contributed by atoms with Crippen molar-refractivity contribution in [3.05, 3.63) is 40.4 Å². The van der Waals surface area contributed by atoms with E-state index < -0.39 is 0 Å². The molecule has 1 aromatic heterocycles. The molecule has 0 unspecified atom stereocenters. The topological polar surface area (TPSA) is 71.5 Å². The number of hydrogen-bond acceptors (Lipinski definition) is 5. The van der Waals surface area contributed by atoms with Crippen molar-refractivity contribution >= 4 is 34.8 Å². The Bertz CT molecular complexity index is 742. The smallest absolute Gasteiger partial charge is 0.270 e. The van der Waals surface area contributed by atoms with Crippen LogP contribution in [0, 0.1) is 0 Å². The zero-order valence-electron chi connectivity index (χ0n) is 13.5. The average Bonchev–Trinajstić information content (AvgIpc) is 3.13. The molecule has 2 heterocycles. The first-order valence-corrected chi connectivity index (χ1v) is 9.24. The van der Waals surface area contributed by atoms with Crippen molar-refractivity contribution in [2.75, 3.05) is 32.8 Å². The number of amides is 2. The molecule has 8 heteroatoms. The van der Waals surface area contributed by atoms with Crippen molar-refractivity contribution < 1.29 is 14.3 Å². The summed E-state index contributed by atoms with van der Waals surface area (Å²) in [5.74, 6) is -0.241. The molecule has 0 bridgehead atoms. The zero-order valence-corrected chi connectivity index (χ0v) is 15.1. The molecular weight excluding hydrogens is 362 g/mol. The van der Waals surface area contributed by atoms with Crippen LogP contribution in [0.1, 0.15) is 16.9 Å². The van der Waals surface area contributed by atoms with Gasteiger partial charge in [-0.25, -0.2) is 4.98 Å². The van der Waals surface area contributed by atoms with Gasteiger partial charge < -0.3 is 15.0 Å². The number of halogens is 1. The summed E-state index contributed by atoms with van der Waals surface area (Å²) in [7, 11) is 0. The van der Waals surface area contributed by atoms with E-state index in [2.05, 4.69) is 10.3 Å². The number of nitrogens with one attached hydrogen (secondary N) is 1. The third kappa shape index (κ3) is 4.78. The summed E-state index contributed by atoms with van der Waals surface area (Å²) >= 11 is 7.27. The maximum Gasteiger partial charge on any atom is 0.270 e. The Morgan fingerprint density at radius 1 is 1.24 bits per heavy atom. The van der Waals surface area contributed by atoms with Crippen LogP contribution in [0.3, 0.4) is 0 Å². The van der Waals surface area contributed by atoms with Gasteiger partial charge in [0.15, 0.2) is 0 Å². The maximum absolute atomic E-state index is 12.2. The molecule has 6 nitrogen and oxygen atoms in total. The van der Waals surface area contributed by atoms with Gasteiger partial charge in [-0.1, -0.05) is 23.7 Å². The Labute approximate surface area is 154 Å². The van der Waals surface area contributed by atoms with Gasteiger partial charge in [-0.15, -0.1) is 11.3 Å². The summed E-state index contributed by atoms with van der Waals surface area (Å²) < 4.78 is 5.22. The van der Waals surface area contributed by atoms with Crippen LogP contribution in [0.2, 0.25) is 5.02 Å². The van der Waals surface area contributed by atoms with E-state index in [-0.39, 0.29) is 18.2 Å². The van der Waals surface area contributed by atoms with E-state index in [1.54, 1.807) is 22.4 Å². The van der Waals surface area contributed by atoms with E-state index in [1.807, 2.05) is 12.1 Å². The lowest BCUT2D eigenvalue weighted by molar-refractivity contribution is -0.135. The van der Waals surface area contributed by atoms with E-state index in [0.29, 0.717) is 43.6 Å². The number of hydrogen-bond donors (Lipinski definition) is 1. The standard InChI is InChI=1S/C17H18ClN3O3S/c18-13-3-1-12(2-4-13)17-20-14(11-25-17)16(23)19-6-5-15(22)21-7-9-24-10-8-21/h1-4,11H,5-10H2,(H,19,23). The Hall–Kier alpha value is -1.96. The number of carbonyl (C=O) groups is 2. The second-order valence-corrected chi connectivity index (χ2v) is 6.84. The highest BCUT2D eigenvalue weighted by Gasteiger charge is 2.17. The van der Waals surface area contributed by atoms with Crippen molar-refractivity contribution in [3.63, 3.8) is 0 Å². The molecule has 25 heavy (non-hydrogen) atoms. The number of benzene rings is 1. The van der Waals surface area contributed by atoms with Crippen LogP contribution in [0.25, 0.3) is 10.6 Å². The van der Waals surface area contributed by atoms with E-state index in [1.165, 1.54) is 11.3 Å². The lowest BCUT2D eigenvalue weighted by Gasteiger charge is -2.26. The molecule has 2 amide bonds. The van der Waals surface area contributed by atoms with Gasteiger partial charge in [-0.3, -0.25) is 9.59 Å². The molecule has 0 aliphatic carbocycles. The van der Waals surface area contributed by atoms with E-state index >= 15 is 0 Å². The van der Waals surface area contributed by atoms with Gasteiger partial charge in [0, 0.05) is 42.0 Å². The monoisotopic (exact) mass is 379 g/mol. The molecule has 1 aliphatic rings. The van der Waals surface area contributed by atoms with Crippen molar-refractivity contribution in [3.8, 4) is 10.6 Å². The number of rotatable bonds is 5. The molecule has 1 saturated heterocycles. The Morgan fingerprint density at radius 3 is 2.68 bits per heavy atom. The Balaban J connectivity index is 1.50. The SMILES string of the molecule is O=C(NCCC(=O)N1CCOCC1)c1csc(-c2ccc(Cl)cc2)n1. The third-order valence-corrected chi connectivity index (χ3v) is 4.96. The number of ether oxygens (including phenoxy) is 1. The molecule has 1 aromatic carbocycles. The molecule has 132 valence electrons. The predicted octanol–water partition coefficient (Wildman–Crippen LogP) is 2.44.